The standard InChI is InChI=1S/C11H19N3/c1-4-14-9(3)11(8(2)13-14)12-7-10-5-6-10/h10,12H,4-7H2,1-3H3. The van der Waals surface area contributed by atoms with Gasteiger partial charge in [-0.3, -0.25) is 4.68 Å². The van der Waals surface area contributed by atoms with E-state index in [-0.39, 0.29) is 0 Å². The van der Waals surface area contributed by atoms with Crippen molar-refractivity contribution in [3.8, 4) is 0 Å². The van der Waals surface area contributed by atoms with E-state index in [1.165, 1.54) is 24.2 Å². The molecule has 1 aromatic rings. The lowest BCUT2D eigenvalue weighted by Gasteiger charge is -2.05. The average Bonchev–Trinajstić information content (AvgIpc) is 2.93. The van der Waals surface area contributed by atoms with Crippen LogP contribution >= 0.6 is 0 Å². The molecule has 0 amide bonds. The van der Waals surface area contributed by atoms with Crippen LogP contribution in [0.3, 0.4) is 0 Å². The van der Waals surface area contributed by atoms with Gasteiger partial charge in [-0.05, 0) is 39.5 Å². The molecular weight excluding hydrogens is 174 g/mol. The van der Waals surface area contributed by atoms with Crippen molar-refractivity contribution in [3.05, 3.63) is 11.4 Å². The summed E-state index contributed by atoms with van der Waals surface area (Å²) in [7, 11) is 0. The van der Waals surface area contributed by atoms with Crippen LogP contribution in [0.25, 0.3) is 0 Å². The van der Waals surface area contributed by atoms with Gasteiger partial charge in [0.1, 0.15) is 0 Å². The summed E-state index contributed by atoms with van der Waals surface area (Å²) in [6.07, 6.45) is 2.79. The van der Waals surface area contributed by atoms with Crippen molar-refractivity contribution in [3.63, 3.8) is 0 Å². The van der Waals surface area contributed by atoms with E-state index >= 15 is 0 Å². The molecule has 0 bridgehead atoms. The van der Waals surface area contributed by atoms with Gasteiger partial charge in [0.15, 0.2) is 0 Å². The van der Waals surface area contributed by atoms with E-state index < -0.39 is 0 Å². The molecule has 1 heterocycles. The number of aromatic nitrogens is 2. The second-order valence-corrected chi connectivity index (χ2v) is 4.19. The van der Waals surface area contributed by atoms with E-state index in [1.54, 1.807) is 0 Å². The Kier molecular flexibility index (Phi) is 2.48. The molecule has 0 unspecified atom stereocenters. The zero-order valence-corrected chi connectivity index (χ0v) is 9.30. The highest BCUT2D eigenvalue weighted by Crippen LogP contribution is 2.30. The van der Waals surface area contributed by atoms with Crippen molar-refractivity contribution in [1.29, 1.82) is 0 Å². The van der Waals surface area contributed by atoms with E-state index in [2.05, 4.69) is 35.9 Å². The average molecular weight is 193 g/mol. The van der Waals surface area contributed by atoms with Gasteiger partial charge < -0.3 is 5.32 Å². The molecule has 3 nitrogen and oxygen atoms in total. The topological polar surface area (TPSA) is 29.9 Å². The molecule has 1 aliphatic carbocycles. The monoisotopic (exact) mass is 193 g/mol. The van der Waals surface area contributed by atoms with Gasteiger partial charge >= 0.3 is 0 Å². The van der Waals surface area contributed by atoms with Gasteiger partial charge in [-0.25, -0.2) is 0 Å². The third-order valence-electron chi connectivity index (χ3n) is 2.95. The van der Waals surface area contributed by atoms with Crippen LogP contribution < -0.4 is 5.32 Å². The second kappa shape index (κ2) is 3.64. The van der Waals surface area contributed by atoms with Crippen LogP contribution in [0, 0.1) is 19.8 Å². The minimum absolute atomic E-state index is 0.916. The van der Waals surface area contributed by atoms with E-state index in [1.807, 2.05) is 0 Å². The van der Waals surface area contributed by atoms with Crippen LogP contribution in [-0.2, 0) is 6.54 Å². The molecule has 0 radical (unpaired) electrons. The van der Waals surface area contributed by atoms with Gasteiger partial charge in [0.05, 0.1) is 17.1 Å². The molecule has 0 aliphatic heterocycles. The summed E-state index contributed by atoms with van der Waals surface area (Å²) in [5.41, 5.74) is 3.65. The minimum Gasteiger partial charge on any atom is -0.382 e. The fourth-order valence-corrected chi connectivity index (χ4v) is 1.83. The molecule has 3 heteroatoms. The van der Waals surface area contributed by atoms with Crippen LogP contribution in [0.2, 0.25) is 0 Å². The molecule has 0 saturated heterocycles. The second-order valence-electron chi connectivity index (χ2n) is 4.19. The smallest absolute Gasteiger partial charge is 0.0827 e. The van der Waals surface area contributed by atoms with Crippen molar-refractivity contribution >= 4 is 5.69 Å². The van der Waals surface area contributed by atoms with Gasteiger partial charge in [-0.15, -0.1) is 0 Å². The van der Waals surface area contributed by atoms with Crippen LogP contribution in [0.5, 0.6) is 0 Å². The highest BCUT2D eigenvalue weighted by atomic mass is 15.3. The Balaban J connectivity index is 2.09. The number of hydrogen-bond donors (Lipinski definition) is 1. The quantitative estimate of drug-likeness (QED) is 0.795. The summed E-state index contributed by atoms with van der Waals surface area (Å²) in [6, 6.07) is 0. The fourth-order valence-electron chi connectivity index (χ4n) is 1.83. The van der Waals surface area contributed by atoms with Crippen molar-refractivity contribution in [1.82, 2.24) is 9.78 Å². The number of anilines is 1. The summed E-state index contributed by atoms with van der Waals surface area (Å²) in [5.74, 6) is 0.916. The summed E-state index contributed by atoms with van der Waals surface area (Å²) in [5, 5.41) is 8.00. The Labute approximate surface area is 85.5 Å². The zero-order chi connectivity index (χ0) is 10.1. The van der Waals surface area contributed by atoms with Crippen molar-refractivity contribution in [2.45, 2.75) is 40.2 Å². The summed E-state index contributed by atoms with van der Waals surface area (Å²) in [4.78, 5) is 0. The van der Waals surface area contributed by atoms with Gasteiger partial charge in [-0.2, -0.15) is 5.10 Å². The number of aryl methyl sites for hydroxylation is 2. The largest absolute Gasteiger partial charge is 0.382 e. The molecule has 78 valence electrons. The minimum atomic E-state index is 0.916. The Morgan fingerprint density at radius 2 is 2.14 bits per heavy atom. The molecule has 1 N–H and O–H groups in total. The Morgan fingerprint density at radius 3 is 2.64 bits per heavy atom. The highest BCUT2D eigenvalue weighted by Gasteiger charge is 2.21. The van der Waals surface area contributed by atoms with Crippen molar-refractivity contribution < 1.29 is 0 Å². The zero-order valence-electron chi connectivity index (χ0n) is 9.30. The maximum absolute atomic E-state index is 4.48. The predicted octanol–water partition coefficient (Wildman–Crippen LogP) is 2.34. The number of nitrogens with zero attached hydrogens (tertiary/aromatic N) is 2. The lowest BCUT2D eigenvalue weighted by atomic mass is 10.3. The van der Waals surface area contributed by atoms with E-state index in [9.17, 15) is 0 Å². The Hall–Kier alpha value is -0.990. The first-order valence-corrected chi connectivity index (χ1v) is 5.50. The first kappa shape index (κ1) is 9.56. The molecule has 1 saturated carbocycles. The lowest BCUT2D eigenvalue weighted by Crippen LogP contribution is -2.05. The van der Waals surface area contributed by atoms with Gasteiger partial charge in [0, 0.05) is 13.1 Å². The predicted molar refractivity (Wildman–Crippen MR) is 58.6 cm³/mol. The molecule has 1 fully saturated rings. The van der Waals surface area contributed by atoms with E-state index in [0.717, 1.165) is 24.7 Å². The molecule has 14 heavy (non-hydrogen) atoms. The van der Waals surface area contributed by atoms with Crippen LogP contribution in [0.4, 0.5) is 5.69 Å². The summed E-state index contributed by atoms with van der Waals surface area (Å²) < 4.78 is 2.06. The third kappa shape index (κ3) is 1.76. The fraction of sp³-hybridized carbons (Fsp3) is 0.727. The van der Waals surface area contributed by atoms with E-state index in [0.29, 0.717) is 0 Å². The normalized spacial score (nSPS) is 15.9. The number of nitrogens with one attached hydrogen (secondary N) is 1. The maximum atomic E-state index is 4.48. The number of rotatable bonds is 4. The molecule has 1 aromatic heterocycles. The molecular formula is C11H19N3. The van der Waals surface area contributed by atoms with Crippen molar-refractivity contribution in [2.24, 2.45) is 5.92 Å². The molecule has 0 aromatic carbocycles. The van der Waals surface area contributed by atoms with Gasteiger partial charge in [-0.1, -0.05) is 0 Å². The Bertz CT molecular complexity index is 324. The molecule has 2 rings (SSSR count). The molecule has 0 spiro atoms. The van der Waals surface area contributed by atoms with Crippen LogP contribution in [-0.4, -0.2) is 16.3 Å². The molecule has 1 aliphatic rings. The maximum Gasteiger partial charge on any atom is 0.0827 e. The first-order valence-electron chi connectivity index (χ1n) is 5.50. The van der Waals surface area contributed by atoms with Gasteiger partial charge in [0.25, 0.3) is 0 Å². The highest BCUT2D eigenvalue weighted by molar-refractivity contribution is 5.52. The van der Waals surface area contributed by atoms with Crippen LogP contribution in [0.15, 0.2) is 0 Å². The van der Waals surface area contributed by atoms with Crippen molar-refractivity contribution in [2.75, 3.05) is 11.9 Å². The number of hydrogen-bond acceptors (Lipinski definition) is 2. The summed E-state index contributed by atoms with van der Waals surface area (Å²) >= 11 is 0. The first-order chi connectivity index (χ1) is 6.72. The van der Waals surface area contributed by atoms with Crippen LogP contribution in [0.1, 0.15) is 31.2 Å². The lowest BCUT2D eigenvalue weighted by molar-refractivity contribution is 0.634. The van der Waals surface area contributed by atoms with Gasteiger partial charge in [0.2, 0.25) is 0 Å². The summed E-state index contributed by atoms with van der Waals surface area (Å²) in [6.45, 7) is 8.42. The Morgan fingerprint density at radius 1 is 1.43 bits per heavy atom. The molecule has 0 atom stereocenters. The van der Waals surface area contributed by atoms with E-state index in [4.69, 9.17) is 0 Å². The SMILES string of the molecule is CCn1nc(C)c(NCC2CC2)c1C. The third-order valence-corrected chi connectivity index (χ3v) is 2.95.